The number of hydrogen-bond donors (Lipinski definition) is 4. The van der Waals surface area contributed by atoms with Gasteiger partial charge in [0.15, 0.2) is 0 Å². The number of primary amides is 1. The van der Waals surface area contributed by atoms with Gasteiger partial charge in [0, 0.05) is 5.92 Å². The topological polar surface area (TPSA) is 130 Å². The molecule has 0 atom stereocenters. The molecule has 0 aromatic carbocycles. The molecule has 0 aromatic heterocycles. The molecule has 4 amide bonds. The Bertz CT molecular complexity index is 344. The highest BCUT2D eigenvalue weighted by Gasteiger charge is 2.09. The smallest absolute Gasteiger partial charge is 0.239 e. The van der Waals surface area contributed by atoms with Crippen molar-refractivity contribution in [2.45, 2.75) is 41.5 Å². The van der Waals surface area contributed by atoms with Gasteiger partial charge in [-0.15, -0.1) is 0 Å². The Morgan fingerprint density at radius 3 is 1.50 bits per heavy atom. The number of nitrogens with two attached hydrogens (primary N) is 1. The molecule has 5 N–H and O–H groups in total. The first kappa shape index (κ1) is 24.9. The van der Waals surface area contributed by atoms with Crippen LogP contribution in [0, 0.1) is 5.92 Å². The zero-order valence-electron chi connectivity index (χ0n) is 14.4. The molecule has 0 aliphatic carbocycles. The van der Waals surface area contributed by atoms with Crippen LogP contribution in [-0.2, 0) is 19.2 Å². The van der Waals surface area contributed by atoms with Crippen LogP contribution >= 0.6 is 0 Å². The van der Waals surface area contributed by atoms with E-state index < -0.39 is 17.7 Å². The molecule has 0 saturated heterocycles. The van der Waals surface area contributed by atoms with E-state index in [-0.39, 0.29) is 31.5 Å². The van der Waals surface area contributed by atoms with Crippen LogP contribution in [0.4, 0.5) is 0 Å². The zero-order chi connectivity index (χ0) is 18.1. The molecular weight excluding hydrogens is 288 g/mol. The molecule has 0 radical (unpaired) electrons. The van der Waals surface area contributed by atoms with E-state index >= 15 is 0 Å². The summed E-state index contributed by atoms with van der Waals surface area (Å²) in [4.78, 5) is 43.8. The van der Waals surface area contributed by atoms with Crippen LogP contribution < -0.4 is 21.7 Å². The lowest BCUT2D eigenvalue weighted by molar-refractivity contribution is -0.129. The van der Waals surface area contributed by atoms with Crippen molar-refractivity contribution in [1.82, 2.24) is 16.0 Å². The van der Waals surface area contributed by atoms with E-state index in [0.29, 0.717) is 0 Å². The van der Waals surface area contributed by atoms with Gasteiger partial charge in [-0.1, -0.05) is 41.5 Å². The number of amides is 4. The van der Waals surface area contributed by atoms with E-state index in [0.717, 1.165) is 0 Å². The third kappa shape index (κ3) is 17.9. The van der Waals surface area contributed by atoms with Crippen LogP contribution in [0.15, 0.2) is 0 Å². The summed E-state index contributed by atoms with van der Waals surface area (Å²) in [7, 11) is 0. The van der Waals surface area contributed by atoms with Crippen molar-refractivity contribution in [3.63, 3.8) is 0 Å². The maximum absolute atomic E-state index is 11.2. The fourth-order valence-electron chi connectivity index (χ4n) is 0.861. The Morgan fingerprint density at radius 2 is 1.14 bits per heavy atom. The lowest BCUT2D eigenvalue weighted by Crippen LogP contribution is -2.44. The number of carbonyl (C=O) groups is 4. The van der Waals surface area contributed by atoms with Gasteiger partial charge in [0.1, 0.15) is 0 Å². The first-order chi connectivity index (χ1) is 10.3. The van der Waals surface area contributed by atoms with Crippen molar-refractivity contribution in [2.24, 2.45) is 11.7 Å². The molecule has 0 aromatic rings. The SMILES string of the molecule is CC.CC.CC(C)C(=O)NCC(=O)NCC(=O)NCC(N)=O. The number of nitrogens with one attached hydrogen (secondary N) is 3. The summed E-state index contributed by atoms with van der Waals surface area (Å²) in [5, 5.41) is 6.89. The third-order valence-corrected chi connectivity index (χ3v) is 1.85. The Hall–Kier alpha value is -2.12. The minimum absolute atomic E-state index is 0.194. The summed E-state index contributed by atoms with van der Waals surface area (Å²) in [6, 6.07) is 0. The van der Waals surface area contributed by atoms with Gasteiger partial charge in [-0.25, -0.2) is 0 Å². The highest BCUT2D eigenvalue weighted by atomic mass is 16.2. The Balaban J connectivity index is -0.000000826. The Morgan fingerprint density at radius 1 is 0.773 bits per heavy atom. The fraction of sp³-hybridized carbons (Fsp3) is 0.714. The maximum atomic E-state index is 11.2. The number of carbonyl (C=O) groups excluding carboxylic acids is 4. The quantitative estimate of drug-likeness (QED) is 0.505. The van der Waals surface area contributed by atoms with Crippen LogP contribution in [0.1, 0.15) is 41.5 Å². The van der Waals surface area contributed by atoms with Gasteiger partial charge >= 0.3 is 0 Å². The molecule has 0 aliphatic rings. The van der Waals surface area contributed by atoms with Gasteiger partial charge < -0.3 is 21.7 Å². The van der Waals surface area contributed by atoms with E-state index in [1.165, 1.54) is 0 Å². The minimum atomic E-state index is -0.668. The van der Waals surface area contributed by atoms with Gasteiger partial charge in [0.2, 0.25) is 23.6 Å². The van der Waals surface area contributed by atoms with Gasteiger partial charge in [0.25, 0.3) is 0 Å². The van der Waals surface area contributed by atoms with E-state index in [1.54, 1.807) is 13.8 Å². The molecule has 0 bridgehead atoms. The fourth-order valence-corrected chi connectivity index (χ4v) is 0.861. The first-order valence-corrected chi connectivity index (χ1v) is 7.42. The summed E-state index contributed by atoms with van der Waals surface area (Å²) < 4.78 is 0. The molecule has 0 fully saturated rings. The summed E-state index contributed by atoms with van der Waals surface area (Å²) >= 11 is 0. The predicted molar refractivity (Wildman–Crippen MR) is 85.8 cm³/mol. The predicted octanol–water partition coefficient (Wildman–Crippen LogP) is -0.471. The molecule has 0 spiro atoms. The molecule has 8 nitrogen and oxygen atoms in total. The monoisotopic (exact) mass is 318 g/mol. The van der Waals surface area contributed by atoms with Gasteiger partial charge in [-0.05, 0) is 0 Å². The molecule has 0 aliphatic heterocycles. The maximum Gasteiger partial charge on any atom is 0.239 e. The van der Waals surface area contributed by atoms with Crippen molar-refractivity contribution in [1.29, 1.82) is 0 Å². The average Bonchev–Trinajstić information content (AvgIpc) is 2.52. The van der Waals surface area contributed by atoms with Gasteiger partial charge in [-0.3, -0.25) is 19.2 Å². The highest BCUT2D eigenvalue weighted by Crippen LogP contribution is 1.89. The summed E-state index contributed by atoms with van der Waals surface area (Å²) in [5.41, 5.74) is 4.82. The standard InChI is InChI=1S/C10H18N4O4.2C2H6/c1-6(2)10(18)14-5-9(17)13-4-8(16)12-3-7(11)15;2*1-2/h6H,3-5H2,1-2H3,(H2,11,15)(H,12,16)(H,13,17)(H,14,18);2*1-2H3. The average molecular weight is 318 g/mol. The zero-order valence-corrected chi connectivity index (χ0v) is 14.4. The third-order valence-electron chi connectivity index (χ3n) is 1.85. The van der Waals surface area contributed by atoms with Crippen molar-refractivity contribution >= 4 is 23.6 Å². The van der Waals surface area contributed by atoms with Crippen molar-refractivity contribution < 1.29 is 19.2 Å². The van der Waals surface area contributed by atoms with Crippen LogP contribution in [-0.4, -0.2) is 43.3 Å². The Labute approximate surface area is 132 Å². The second-order valence-electron chi connectivity index (χ2n) is 3.89. The Kier molecular flexibility index (Phi) is 19.1. The van der Waals surface area contributed by atoms with Crippen LogP contribution in [0.2, 0.25) is 0 Å². The molecule has 8 heteroatoms. The largest absolute Gasteiger partial charge is 0.368 e. The van der Waals surface area contributed by atoms with E-state index in [1.807, 2.05) is 27.7 Å². The molecule has 0 rings (SSSR count). The second kappa shape index (κ2) is 16.9. The molecule has 130 valence electrons. The normalized spacial score (nSPS) is 8.50. The van der Waals surface area contributed by atoms with E-state index in [4.69, 9.17) is 5.73 Å². The van der Waals surface area contributed by atoms with Crippen LogP contribution in [0.5, 0.6) is 0 Å². The van der Waals surface area contributed by atoms with Crippen molar-refractivity contribution in [3.05, 3.63) is 0 Å². The number of rotatable bonds is 7. The van der Waals surface area contributed by atoms with Gasteiger partial charge in [0.05, 0.1) is 19.6 Å². The second-order valence-corrected chi connectivity index (χ2v) is 3.89. The first-order valence-electron chi connectivity index (χ1n) is 7.42. The van der Waals surface area contributed by atoms with Crippen LogP contribution in [0.25, 0.3) is 0 Å². The molecular formula is C14H30N4O4. The molecule has 0 unspecified atom stereocenters. The summed E-state index contributed by atoms with van der Waals surface area (Å²) in [6.45, 7) is 10.7. The van der Waals surface area contributed by atoms with E-state index in [9.17, 15) is 19.2 Å². The molecule has 0 heterocycles. The highest BCUT2D eigenvalue weighted by molar-refractivity contribution is 5.89. The lowest BCUT2D eigenvalue weighted by atomic mass is 10.2. The minimum Gasteiger partial charge on any atom is -0.368 e. The van der Waals surface area contributed by atoms with E-state index in [2.05, 4.69) is 16.0 Å². The molecule has 22 heavy (non-hydrogen) atoms. The number of hydrogen-bond acceptors (Lipinski definition) is 4. The van der Waals surface area contributed by atoms with Gasteiger partial charge in [-0.2, -0.15) is 0 Å². The summed E-state index contributed by atoms with van der Waals surface area (Å²) in [5.74, 6) is -2.14. The molecule has 0 saturated carbocycles. The summed E-state index contributed by atoms with van der Waals surface area (Å²) in [6.07, 6.45) is 0. The van der Waals surface area contributed by atoms with Crippen molar-refractivity contribution in [2.75, 3.05) is 19.6 Å². The lowest BCUT2D eigenvalue weighted by Gasteiger charge is -2.08. The van der Waals surface area contributed by atoms with Crippen molar-refractivity contribution in [3.8, 4) is 0 Å². The van der Waals surface area contributed by atoms with Crippen LogP contribution in [0.3, 0.4) is 0 Å².